The molecule has 0 fully saturated rings. The van der Waals surface area contributed by atoms with Crippen LogP contribution in [0.25, 0.3) is 17.0 Å². The van der Waals surface area contributed by atoms with Gasteiger partial charge in [0, 0.05) is 45.5 Å². The first-order chi connectivity index (χ1) is 19.3. The number of ketones is 1. The van der Waals surface area contributed by atoms with Gasteiger partial charge in [-0.05, 0) is 50.1 Å². The Morgan fingerprint density at radius 1 is 1.02 bits per heavy atom. The number of carbonyl (C=O) groups excluding carboxylic acids is 3. The second-order valence-corrected chi connectivity index (χ2v) is 10.4. The van der Waals surface area contributed by atoms with Crippen molar-refractivity contribution in [3.8, 4) is 6.07 Å². The molecular weight excluding hydrogens is 548 g/mol. The molecule has 0 amide bonds. The van der Waals surface area contributed by atoms with Crippen LogP contribution in [-0.4, -0.2) is 35.5 Å². The molecule has 0 aliphatic rings. The summed E-state index contributed by atoms with van der Waals surface area (Å²) in [6, 6.07) is 17.3. The molecule has 2 aromatic carbocycles. The van der Waals surface area contributed by atoms with Gasteiger partial charge in [0.1, 0.15) is 10.9 Å². The van der Waals surface area contributed by atoms with Crippen LogP contribution in [0.2, 0.25) is 5.02 Å². The third-order valence-electron chi connectivity index (χ3n) is 6.32. The SMILES string of the molecule is CCOC(=O)c1sc(CC(=O)/C(C#N)=C/c2cn(Cc3ccccc3Cl)c3ccccc23)c(C(=O)OCC)c1C. The predicted octanol–water partition coefficient (Wildman–Crippen LogP) is 6.79. The number of nitrogens with zero attached hydrogens (tertiary/aromatic N) is 2. The number of hydrogen-bond acceptors (Lipinski definition) is 7. The highest BCUT2D eigenvalue weighted by Gasteiger charge is 2.28. The van der Waals surface area contributed by atoms with Crippen LogP contribution in [0.3, 0.4) is 0 Å². The topological polar surface area (TPSA) is 98.4 Å². The van der Waals surface area contributed by atoms with Crippen LogP contribution < -0.4 is 0 Å². The lowest BCUT2D eigenvalue weighted by Crippen LogP contribution is -2.12. The van der Waals surface area contributed by atoms with Crippen molar-refractivity contribution in [1.82, 2.24) is 4.57 Å². The minimum absolute atomic E-state index is 0.0702. The molecule has 0 saturated heterocycles. The van der Waals surface area contributed by atoms with Crippen molar-refractivity contribution >= 4 is 57.6 Å². The number of halogens is 1. The fraction of sp³-hybridized carbons (Fsp3) is 0.226. The maximum atomic E-state index is 13.4. The molecule has 0 N–H and O–H groups in total. The van der Waals surface area contributed by atoms with Crippen LogP contribution in [0.1, 0.15) is 55.4 Å². The summed E-state index contributed by atoms with van der Waals surface area (Å²) in [5.41, 5.74) is 3.06. The molecule has 0 aliphatic heterocycles. The van der Waals surface area contributed by atoms with Gasteiger partial charge < -0.3 is 14.0 Å². The lowest BCUT2D eigenvalue weighted by molar-refractivity contribution is -0.114. The highest BCUT2D eigenvalue weighted by atomic mass is 35.5. The van der Waals surface area contributed by atoms with Gasteiger partial charge in [-0.3, -0.25) is 4.79 Å². The zero-order valence-electron chi connectivity index (χ0n) is 22.3. The second kappa shape index (κ2) is 12.8. The van der Waals surface area contributed by atoms with Gasteiger partial charge >= 0.3 is 11.9 Å². The van der Waals surface area contributed by atoms with Crippen LogP contribution in [0.4, 0.5) is 0 Å². The standard InChI is InChI=1S/C31H27ClN2O5S/c1-4-38-30(36)28-19(3)29(31(37)39-5-2)40-27(28)15-26(35)21(16-33)14-22-18-34(25-13-9-7-11-23(22)25)17-20-10-6-8-12-24(20)32/h6-14,18H,4-5,15,17H2,1-3H3/b21-14+. The monoisotopic (exact) mass is 574 g/mol. The van der Waals surface area contributed by atoms with Gasteiger partial charge in [-0.1, -0.05) is 48.0 Å². The van der Waals surface area contributed by atoms with Crippen molar-refractivity contribution in [1.29, 1.82) is 5.26 Å². The van der Waals surface area contributed by atoms with Crippen LogP contribution >= 0.6 is 22.9 Å². The number of para-hydroxylation sites is 1. The third-order valence-corrected chi connectivity index (χ3v) is 7.96. The van der Waals surface area contributed by atoms with E-state index in [0.717, 1.165) is 27.8 Å². The van der Waals surface area contributed by atoms with Crippen molar-refractivity contribution in [3.05, 3.63) is 97.3 Å². The molecule has 40 heavy (non-hydrogen) atoms. The summed E-state index contributed by atoms with van der Waals surface area (Å²) < 4.78 is 12.3. The van der Waals surface area contributed by atoms with Gasteiger partial charge in [-0.15, -0.1) is 11.3 Å². The summed E-state index contributed by atoms with van der Waals surface area (Å²) in [5.74, 6) is -1.68. The molecular formula is C31H27ClN2O5S. The number of nitriles is 1. The van der Waals surface area contributed by atoms with Crippen molar-refractivity contribution in [2.75, 3.05) is 13.2 Å². The Morgan fingerprint density at radius 2 is 1.70 bits per heavy atom. The summed E-state index contributed by atoms with van der Waals surface area (Å²) in [6.07, 6.45) is 3.21. The van der Waals surface area contributed by atoms with Crippen molar-refractivity contribution < 1.29 is 23.9 Å². The van der Waals surface area contributed by atoms with Gasteiger partial charge in [0.25, 0.3) is 0 Å². The number of carbonyl (C=O) groups is 3. The molecule has 2 heterocycles. The first kappa shape index (κ1) is 28.8. The Hall–Kier alpha value is -4.19. The molecule has 9 heteroatoms. The van der Waals surface area contributed by atoms with E-state index in [2.05, 4.69) is 0 Å². The van der Waals surface area contributed by atoms with E-state index in [9.17, 15) is 19.6 Å². The maximum Gasteiger partial charge on any atom is 0.348 e. The molecule has 0 aliphatic carbocycles. The van der Waals surface area contributed by atoms with E-state index in [4.69, 9.17) is 21.1 Å². The number of esters is 2. The highest BCUT2D eigenvalue weighted by molar-refractivity contribution is 7.14. The van der Waals surface area contributed by atoms with E-state index in [-0.39, 0.29) is 35.6 Å². The fourth-order valence-electron chi connectivity index (χ4n) is 4.46. The molecule has 4 aromatic rings. The van der Waals surface area contributed by atoms with Gasteiger partial charge in [0.05, 0.1) is 24.4 Å². The quantitative estimate of drug-likeness (QED) is 0.117. The largest absolute Gasteiger partial charge is 0.462 e. The van der Waals surface area contributed by atoms with Crippen LogP contribution in [-0.2, 0) is 27.2 Å². The van der Waals surface area contributed by atoms with E-state index in [1.54, 1.807) is 26.8 Å². The number of thiophene rings is 1. The number of fused-ring (bicyclic) bond motifs is 1. The molecule has 4 rings (SSSR count). The minimum atomic E-state index is -0.625. The zero-order chi connectivity index (χ0) is 28.8. The Morgan fingerprint density at radius 3 is 2.40 bits per heavy atom. The summed E-state index contributed by atoms with van der Waals surface area (Å²) in [6.45, 7) is 5.81. The summed E-state index contributed by atoms with van der Waals surface area (Å²) in [4.78, 5) is 39.2. The molecule has 0 bridgehead atoms. The van der Waals surface area contributed by atoms with Crippen LogP contribution in [0.15, 0.2) is 60.3 Å². The molecule has 0 radical (unpaired) electrons. The van der Waals surface area contributed by atoms with Crippen LogP contribution in [0, 0.1) is 18.3 Å². The molecule has 204 valence electrons. The number of rotatable bonds is 10. The number of aromatic nitrogens is 1. The highest BCUT2D eigenvalue weighted by Crippen LogP contribution is 2.32. The van der Waals surface area contributed by atoms with E-state index in [1.807, 2.05) is 65.4 Å². The number of benzene rings is 2. The average Bonchev–Trinajstić information content (AvgIpc) is 3.45. The third kappa shape index (κ3) is 6.01. The Balaban J connectivity index is 1.71. The molecule has 0 atom stereocenters. The van der Waals surface area contributed by atoms with Crippen molar-refractivity contribution in [2.45, 2.75) is 33.7 Å². The van der Waals surface area contributed by atoms with Gasteiger partial charge in [0.2, 0.25) is 0 Å². The first-order valence-corrected chi connectivity index (χ1v) is 13.9. The summed E-state index contributed by atoms with van der Waals surface area (Å²) in [7, 11) is 0. The molecule has 2 aromatic heterocycles. The number of allylic oxidation sites excluding steroid dienone is 1. The smallest absolute Gasteiger partial charge is 0.348 e. The second-order valence-electron chi connectivity index (χ2n) is 8.89. The first-order valence-electron chi connectivity index (χ1n) is 12.7. The molecule has 0 unspecified atom stereocenters. The minimum Gasteiger partial charge on any atom is -0.462 e. The average molecular weight is 575 g/mol. The van der Waals surface area contributed by atoms with Crippen LogP contribution in [0.5, 0.6) is 0 Å². The fourth-order valence-corrected chi connectivity index (χ4v) is 5.84. The summed E-state index contributed by atoms with van der Waals surface area (Å²) in [5, 5.41) is 11.5. The molecule has 0 spiro atoms. The van der Waals surface area contributed by atoms with Gasteiger partial charge in [0.15, 0.2) is 5.78 Å². The summed E-state index contributed by atoms with van der Waals surface area (Å²) >= 11 is 7.40. The molecule has 0 saturated carbocycles. The van der Waals surface area contributed by atoms with E-state index < -0.39 is 17.7 Å². The zero-order valence-corrected chi connectivity index (χ0v) is 23.9. The number of ether oxygens (including phenoxy) is 2. The Bertz CT molecular complexity index is 1670. The van der Waals surface area contributed by atoms with Crippen molar-refractivity contribution in [3.63, 3.8) is 0 Å². The Labute approximate surface area is 241 Å². The molecule has 7 nitrogen and oxygen atoms in total. The van der Waals surface area contributed by atoms with E-state index in [0.29, 0.717) is 27.6 Å². The number of hydrogen-bond donors (Lipinski definition) is 0. The van der Waals surface area contributed by atoms with Gasteiger partial charge in [-0.2, -0.15) is 5.26 Å². The predicted molar refractivity (Wildman–Crippen MR) is 156 cm³/mol. The van der Waals surface area contributed by atoms with E-state index >= 15 is 0 Å². The van der Waals surface area contributed by atoms with Crippen molar-refractivity contribution in [2.24, 2.45) is 0 Å². The Kier molecular flexibility index (Phi) is 9.20. The lowest BCUT2D eigenvalue weighted by Gasteiger charge is -2.07. The van der Waals surface area contributed by atoms with Gasteiger partial charge in [-0.25, -0.2) is 9.59 Å². The van der Waals surface area contributed by atoms with E-state index in [1.165, 1.54) is 0 Å². The number of Topliss-reactive ketones (excluding diaryl/α,β-unsaturated/α-hetero) is 1. The normalized spacial score (nSPS) is 11.3. The lowest BCUT2D eigenvalue weighted by atomic mass is 10.0. The maximum absolute atomic E-state index is 13.4.